The molecule has 29 heavy (non-hydrogen) atoms. The van der Waals surface area contributed by atoms with Crippen LogP contribution in [0.4, 0.5) is 5.69 Å². The van der Waals surface area contributed by atoms with Gasteiger partial charge in [0.1, 0.15) is 0 Å². The van der Waals surface area contributed by atoms with Crippen molar-refractivity contribution in [2.45, 2.75) is 17.6 Å². The Labute approximate surface area is 186 Å². The van der Waals surface area contributed by atoms with Gasteiger partial charge in [-0.25, -0.2) is 9.78 Å². The summed E-state index contributed by atoms with van der Waals surface area (Å²) in [4.78, 5) is 29.6. The second-order valence-corrected chi connectivity index (χ2v) is 8.87. The quantitative estimate of drug-likeness (QED) is 0.349. The fourth-order valence-electron chi connectivity index (χ4n) is 2.31. The zero-order valence-electron chi connectivity index (χ0n) is 15.3. The smallest absolute Gasteiger partial charge is 0.338 e. The number of anilines is 1. The molecule has 0 unspecified atom stereocenters. The van der Waals surface area contributed by atoms with Gasteiger partial charge in [0.2, 0.25) is 0 Å². The number of ether oxygens (including phenoxy) is 1. The van der Waals surface area contributed by atoms with Gasteiger partial charge in [-0.2, -0.15) is 0 Å². The van der Waals surface area contributed by atoms with Crippen LogP contribution in [0, 0.1) is 6.92 Å². The molecule has 2 aromatic carbocycles. The minimum absolute atomic E-state index is 0.343. The summed E-state index contributed by atoms with van der Waals surface area (Å²) in [5, 5.41) is 6.42. The molecule has 9 heteroatoms. The van der Waals surface area contributed by atoms with Gasteiger partial charge in [0.15, 0.2) is 6.61 Å². The molecule has 150 valence electrons. The van der Waals surface area contributed by atoms with Crippen LogP contribution in [0.3, 0.4) is 0 Å². The van der Waals surface area contributed by atoms with Gasteiger partial charge in [-0.15, -0.1) is 23.1 Å². The van der Waals surface area contributed by atoms with Gasteiger partial charge < -0.3 is 10.1 Å². The van der Waals surface area contributed by atoms with Gasteiger partial charge in [-0.3, -0.25) is 4.79 Å². The molecule has 0 saturated carbocycles. The number of thiazole rings is 1. The lowest BCUT2D eigenvalue weighted by Crippen LogP contribution is -2.21. The molecule has 3 aromatic rings. The summed E-state index contributed by atoms with van der Waals surface area (Å²) in [6, 6.07) is 11.7. The average molecular weight is 467 g/mol. The zero-order valence-corrected chi connectivity index (χ0v) is 18.4. The number of carbonyl (C=O) groups is 2. The standard InChI is InChI=1S/C20H16Cl2N2O3S2/c1-12-23-15(10-28-12)11-29-16-5-2-13(3-6-16)20(26)27-9-19(25)24-18-8-14(21)4-7-17(18)22/h2-8,10H,9,11H2,1H3,(H,24,25). The molecule has 0 fully saturated rings. The molecule has 0 aliphatic heterocycles. The summed E-state index contributed by atoms with van der Waals surface area (Å²) < 4.78 is 5.06. The Kier molecular flexibility index (Phi) is 7.55. The summed E-state index contributed by atoms with van der Waals surface area (Å²) >= 11 is 15.1. The lowest BCUT2D eigenvalue weighted by atomic mass is 10.2. The number of aryl methyl sites for hydroxylation is 1. The first-order valence-corrected chi connectivity index (χ1v) is 11.1. The molecule has 5 nitrogen and oxygen atoms in total. The minimum atomic E-state index is -0.580. The Morgan fingerprint density at radius 2 is 1.93 bits per heavy atom. The molecule has 0 aliphatic rings. The molecule has 0 atom stereocenters. The van der Waals surface area contributed by atoms with Crippen molar-refractivity contribution < 1.29 is 14.3 Å². The number of halogens is 2. The lowest BCUT2D eigenvalue weighted by Gasteiger charge is -2.09. The average Bonchev–Trinajstić information content (AvgIpc) is 3.13. The van der Waals surface area contributed by atoms with Gasteiger partial charge in [0, 0.05) is 21.1 Å². The van der Waals surface area contributed by atoms with Crippen LogP contribution in [0.25, 0.3) is 0 Å². The summed E-state index contributed by atoms with van der Waals surface area (Å²) in [5.41, 5.74) is 1.76. The van der Waals surface area contributed by atoms with Crippen LogP contribution < -0.4 is 5.32 Å². The Morgan fingerprint density at radius 1 is 1.17 bits per heavy atom. The predicted molar refractivity (Wildman–Crippen MR) is 118 cm³/mol. The van der Waals surface area contributed by atoms with Crippen LogP contribution in [0.1, 0.15) is 21.1 Å². The van der Waals surface area contributed by atoms with Crippen LogP contribution in [0.15, 0.2) is 52.7 Å². The van der Waals surface area contributed by atoms with E-state index in [1.165, 1.54) is 6.07 Å². The van der Waals surface area contributed by atoms with Gasteiger partial charge in [-0.05, 0) is 49.4 Å². The third kappa shape index (κ3) is 6.47. The van der Waals surface area contributed by atoms with Gasteiger partial charge in [0.25, 0.3) is 5.91 Å². The van der Waals surface area contributed by atoms with Crippen molar-refractivity contribution in [3.05, 3.63) is 74.2 Å². The van der Waals surface area contributed by atoms with E-state index >= 15 is 0 Å². The van der Waals surface area contributed by atoms with E-state index in [0.717, 1.165) is 21.3 Å². The van der Waals surface area contributed by atoms with Gasteiger partial charge >= 0.3 is 5.97 Å². The monoisotopic (exact) mass is 466 g/mol. The van der Waals surface area contributed by atoms with Crippen molar-refractivity contribution in [2.24, 2.45) is 0 Å². The Balaban J connectivity index is 1.48. The summed E-state index contributed by atoms with van der Waals surface area (Å²) in [5.74, 6) is -0.322. The molecule has 1 aromatic heterocycles. The predicted octanol–water partition coefficient (Wildman–Crippen LogP) is 5.85. The molecule has 0 saturated heterocycles. The van der Waals surface area contributed by atoms with Crippen molar-refractivity contribution in [2.75, 3.05) is 11.9 Å². The van der Waals surface area contributed by atoms with E-state index in [1.54, 1.807) is 47.4 Å². The normalized spacial score (nSPS) is 10.6. The molecule has 1 amide bonds. The first kappa shape index (κ1) is 21.6. The highest BCUT2D eigenvalue weighted by molar-refractivity contribution is 7.98. The maximum absolute atomic E-state index is 12.2. The molecule has 0 aliphatic carbocycles. The van der Waals surface area contributed by atoms with Crippen LogP contribution in [-0.2, 0) is 15.3 Å². The topological polar surface area (TPSA) is 68.3 Å². The number of nitrogens with one attached hydrogen (secondary N) is 1. The SMILES string of the molecule is Cc1nc(CSc2ccc(C(=O)OCC(=O)Nc3cc(Cl)ccc3Cl)cc2)cs1. The highest BCUT2D eigenvalue weighted by Crippen LogP contribution is 2.26. The van der Waals surface area contributed by atoms with Crippen molar-refractivity contribution >= 4 is 63.9 Å². The molecule has 1 heterocycles. The summed E-state index contributed by atoms with van der Waals surface area (Å²) in [7, 11) is 0. The fourth-order valence-corrected chi connectivity index (χ4v) is 4.16. The third-order valence-corrected chi connectivity index (χ3v) is 6.11. The van der Waals surface area contributed by atoms with E-state index in [2.05, 4.69) is 10.3 Å². The minimum Gasteiger partial charge on any atom is -0.452 e. The van der Waals surface area contributed by atoms with Crippen LogP contribution in [0.2, 0.25) is 10.0 Å². The summed E-state index contributed by atoms with van der Waals surface area (Å²) in [6.45, 7) is 1.55. The number of amides is 1. The van der Waals surface area contributed by atoms with E-state index in [-0.39, 0.29) is 0 Å². The van der Waals surface area contributed by atoms with Crippen LogP contribution in [-0.4, -0.2) is 23.5 Å². The van der Waals surface area contributed by atoms with Crippen molar-refractivity contribution in [3.63, 3.8) is 0 Å². The van der Waals surface area contributed by atoms with Crippen molar-refractivity contribution in [1.82, 2.24) is 4.98 Å². The van der Waals surface area contributed by atoms with E-state index in [0.29, 0.717) is 21.3 Å². The number of rotatable bonds is 7. The van der Waals surface area contributed by atoms with E-state index in [9.17, 15) is 9.59 Å². The Bertz CT molecular complexity index is 1020. The van der Waals surface area contributed by atoms with Crippen molar-refractivity contribution in [3.8, 4) is 0 Å². The molecule has 1 N–H and O–H groups in total. The summed E-state index contributed by atoms with van der Waals surface area (Å²) in [6.07, 6.45) is 0. The Hall–Kier alpha value is -2.06. The van der Waals surface area contributed by atoms with E-state index < -0.39 is 18.5 Å². The first-order valence-electron chi connectivity index (χ1n) is 8.46. The molecular formula is C20H16Cl2N2O3S2. The van der Waals surface area contributed by atoms with Crippen LogP contribution in [0.5, 0.6) is 0 Å². The number of hydrogen-bond acceptors (Lipinski definition) is 6. The number of benzene rings is 2. The number of nitrogens with zero attached hydrogens (tertiary/aromatic N) is 1. The third-order valence-electron chi connectivity index (χ3n) is 3.68. The first-order chi connectivity index (χ1) is 13.9. The molecule has 0 spiro atoms. The maximum atomic E-state index is 12.2. The van der Waals surface area contributed by atoms with Crippen molar-refractivity contribution in [1.29, 1.82) is 0 Å². The highest BCUT2D eigenvalue weighted by Gasteiger charge is 2.12. The zero-order chi connectivity index (χ0) is 20.8. The number of esters is 1. The largest absolute Gasteiger partial charge is 0.452 e. The maximum Gasteiger partial charge on any atom is 0.338 e. The van der Waals surface area contributed by atoms with Gasteiger partial charge in [-0.1, -0.05) is 23.2 Å². The lowest BCUT2D eigenvalue weighted by molar-refractivity contribution is -0.119. The molecule has 3 rings (SSSR count). The number of carbonyl (C=O) groups excluding carboxylic acids is 2. The fraction of sp³-hybridized carbons (Fsp3) is 0.150. The Morgan fingerprint density at radius 3 is 2.62 bits per heavy atom. The number of aromatic nitrogens is 1. The number of thioether (sulfide) groups is 1. The second kappa shape index (κ2) is 10.1. The molecule has 0 radical (unpaired) electrons. The van der Waals surface area contributed by atoms with E-state index in [1.807, 2.05) is 24.4 Å². The van der Waals surface area contributed by atoms with E-state index in [4.69, 9.17) is 27.9 Å². The number of hydrogen-bond donors (Lipinski definition) is 1. The van der Waals surface area contributed by atoms with Crippen LogP contribution >= 0.6 is 46.3 Å². The second-order valence-electron chi connectivity index (χ2n) is 5.92. The molecular weight excluding hydrogens is 451 g/mol. The van der Waals surface area contributed by atoms with Gasteiger partial charge in [0.05, 0.1) is 27.0 Å². The molecule has 0 bridgehead atoms. The highest BCUT2D eigenvalue weighted by atomic mass is 35.5.